The predicted octanol–water partition coefficient (Wildman–Crippen LogP) is 1.37. The van der Waals surface area contributed by atoms with Crippen molar-refractivity contribution in [2.75, 3.05) is 31.1 Å². The smallest absolute Gasteiger partial charge is 0.255 e. The van der Waals surface area contributed by atoms with Gasteiger partial charge in [-0.1, -0.05) is 19.3 Å². The van der Waals surface area contributed by atoms with Gasteiger partial charge in [-0.2, -0.15) is 4.31 Å². The van der Waals surface area contributed by atoms with Crippen molar-refractivity contribution in [3.63, 3.8) is 0 Å². The monoisotopic (exact) mass is 492 g/mol. The molecule has 1 saturated carbocycles. The number of rotatable bonds is 4. The number of benzene rings is 1. The van der Waals surface area contributed by atoms with Gasteiger partial charge in [-0.15, -0.1) is 0 Å². The molecule has 1 aliphatic carbocycles. The molecule has 0 radical (unpaired) electrons. The average Bonchev–Trinajstić information content (AvgIpc) is 3.14. The molecular formula is C23H29FN4O5S. The highest BCUT2D eigenvalue weighted by Gasteiger charge is 2.40. The minimum Gasteiger partial charge on any atom is -0.367 e. The van der Waals surface area contributed by atoms with Crippen LogP contribution in [0.15, 0.2) is 12.1 Å². The standard InChI is InChI=1S/C23H29FN4O5S/c24-18-13-17-15(14-28(23(17)31)19-6-7-21(29)25-22(19)30)12-20(18)26-8-10-27(11-9-26)34(32,33)16-4-2-1-3-5-16/h12-13,16,19H,1-11,14H2,(H,25,29,30). The summed E-state index contributed by atoms with van der Waals surface area (Å²) in [5, 5.41) is 1.95. The van der Waals surface area contributed by atoms with E-state index in [0.29, 0.717) is 50.3 Å². The van der Waals surface area contributed by atoms with E-state index < -0.39 is 33.7 Å². The van der Waals surface area contributed by atoms with E-state index in [4.69, 9.17) is 0 Å². The first-order valence-corrected chi connectivity index (χ1v) is 13.5. The highest BCUT2D eigenvalue weighted by Crippen LogP contribution is 2.33. The van der Waals surface area contributed by atoms with Crippen molar-refractivity contribution in [2.45, 2.75) is 62.8 Å². The maximum Gasteiger partial charge on any atom is 0.255 e. The Balaban J connectivity index is 1.29. The van der Waals surface area contributed by atoms with Gasteiger partial charge in [0.15, 0.2) is 0 Å². The van der Waals surface area contributed by atoms with E-state index in [2.05, 4.69) is 5.32 Å². The van der Waals surface area contributed by atoms with Crippen LogP contribution >= 0.6 is 0 Å². The Kier molecular flexibility index (Phi) is 6.09. The zero-order valence-corrected chi connectivity index (χ0v) is 19.8. The number of nitrogens with zero attached hydrogens (tertiary/aromatic N) is 3. The van der Waals surface area contributed by atoms with Crippen molar-refractivity contribution in [1.29, 1.82) is 0 Å². The van der Waals surface area contributed by atoms with E-state index in [-0.39, 0.29) is 36.1 Å². The molecule has 184 valence electrons. The summed E-state index contributed by atoms with van der Waals surface area (Å²) in [5.41, 5.74) is 1.19. The van der Waals surface area contributed by atoms with E-state index >= 15 is 4.39 Å². The summed E-state index contributed by atoms with van der Waals surface area (Å²) in [6, 6.07) is 2.10. The largest absolute Gasteiger partial charge is 0.367 e. The van der Waals surface area contributed by atoms with E-state index in [9.17, 15) is 22.8 Å². The quantitative estimate of drug-likeness (QED) is 0.637. The Hall–Kier alpha value is -2.53. The summed E-state index contributed by atoms with van der Waals surface area (Å²) in [6.45, 7) is 1.51. The summed E-state index contributed by atoms with van der Waals surface area (Å²) in [4.78, 5) is 39.8. The number of piperidine rings is 1. The van der Waals surface area contributed by atoms with Crippen LogP contribution in [-0.4, -0.2) is 72.8 Å². The van der Waals surface area contributed by atoms with Gasteiger partial charge in [0.05, 0.1) is 10.9 Å². The molecule has 4 aliphatic rings. The van der Waals surface area contributed by atoms with Crippen LogP contribution in [0.1, 0.15) is 60.9 Å². The van der Waals surface area contributed by atoms with Crippen molar-refractivity contribution in [1.82, 2.24) is 14.5 Å². The fraction of sp³-hybridized carbons (Fsp3) is 0.609. The van der Waals surface area contributed by atoms with Gasteiger partial charge in [-0.05, 0) is 37.0 Å². The Morgan fingerprint density at radius 1 is 0.941 bits per heavy atom. The van der Waals surface area contributed by atoms with Crippen LogP contribution in [0.2, 0.25) is 0 Å². The Morgan fingerprint density at radius 3 is 2.32 bits per heavy atom. The second-order valence-electron chi connectivity index (χ2n) is 9.55. The lowest BCUT2D eigenvalue weighted by Gasteiger charge is -2.37. The van der Waals surface area contributed by atoms with Crippen molar-refractivity contribution < 1.29 is 27.2 Å². The summed E-state index contributed by atoms with van der Waals surface area (Å²) >= 11 is 0. The van der Waals surface area contributed by atoms with Gasteiger partial charge in [0, 0.05) is 44.7 Å². The number of halogens is 1. The molecule has 3 heterocycles. The molecule has 5 rings (SSSR count). The van der Waals surface area contributed by atoms with Crippen LogP contribution in [0.25, 0.3) is 0 Å². The van der Waals surface area contributed by atoms with Gasteiger partial charge in [0.25, 0.3) is 5.91 Å². The van der Waals surface area contributed by atoms with Crippen molar-refractivity contribution in [3.8, 4) is 0 Å². The number of hydrogen-bond acceptors (Lipinski definition) is 6. The first-order valence-electron chi connectivity index (χ1n) is 12.0. The summed E-state index contributed by atoms with van der Waals surface area (Å²) < 4.78 is 42.6. The van der Waals surface area contributed by atoms with Gasteiger partial charge < -0.3 is 9.80 Å². The number of nitrogens with one attached hydrogen (secondary N) is 1. The number of carbonyl (C=O) groups excluding carboxylic acids is 3. The fourth-order valence-corrected chi connectivity index (χ4v) is 7.60. The lowest BCUT2D eigenvalue weighted by atomic mass is 10.0. The minimum absolute atomic E-state index is 0.157. The third-order valence-electron chi connectivity index (χ3n) is 7.50. The van der Waals surface area contributed by atoms with Crippen LogP contribution in [0.4, 0.5) is 10.1 Å². The average molecular weight is 493 g/mol. The number of carbonyl (C=O) groups is 3. The zero-order valence-electron chi connectivity index (χ0n) is 19.0. The molecule has 0 aromatic heterocycles. The number of imide groups is 1. The first-order chi connectivity index (χ1) is 16.3. The molecule has 3 amide bonds. The molecule has 3 fully saturated rings. The highest BCUT2D eigenvalue weighted by atomic mass is 32.2. The van der Waals surface area contributed by atoms with Crippen molar-refractivity contribution in [3.05, 3.63) is 29.1 Å². The third kappa shape index (κ3) is 4.08. The van der Waals surface area contributed by atoms with Gasteiger partial charge in [-0.25, -0.2) is 12.8 Å². The van der Waals surface area contributed by atoms with Crippen molar-refractivity contribution in [2.24, 2.45) is 0 Å². The Bertz CT molecular complexity index is 1130. The molecule has 1 aromatic rings. The molecular weight excluding hydrogens is 463 g/mol. The highest BCUT2D eigenvalue weighted by molar-refractivity contribution is 7.89. The number of sulfonamides is 1. The molecule has 3 aliphatic heterocycles. The van der Waals surface area contributed by atoms with Gasteiger partial charge >= 0.3 is 0 Å². The SMILES string of the molecule is O=C1CCC(N2Cc3cc(N4CCN(S(=O)(=O)C5CCCCC5)CC4)c(F)cc3C2=O)C(=O)N1. The summed E-state index contributed by atoms with van der Waals surface area (Å²) in [7, 11) is -3.35. The van der Waals surface area contributed by atoms with Crippen LogP contribution in [0.5, 0.6) is 0 Å². The second kappa shape index (κ2) is 8.92. The van der Waals surface area contributed by atoms with E-state index in [1.54, 1.807) is 10.4 Å². The zero-order chi connectivity index (χ0) is 24.0. The number of fused-ring (bicyclic) bond motifs is 1. The summed E-state index contributed by atoms with van der Waals surface area (Å²) in [6.07, 6.45) is 4.79. The molecule has 34 heavy (non-hydrogen) atoms. The molecule has 1 unspecified atom stereocenters. The van der Waals surface area contributed by atoms with Crippen molar-refractivity contribution >= 4 is 33.4 Å². The third-order valence-corrected chi connectivity index (χ3v) is 9.90. The molecule has 1 aromatic carbocycles. The number of amides is 3. The van der Waals surface area contributed by atoms with Gasteiger partial charge in [-0.3, -0.25) is 19.7 Å². The second-order valence-corrected chi connectivity index (χ2v) is 11.8. The molecule has 0 spiro atoms. The number of piperazine rings is 1. The van der Waals surface area contributed by atoms with Crippen LogP contribution in [0, 0.1) is 5.82 Å². The number of anilines is 1. The predicted molar refractivity (Wildman–Crippen MR) is 122 cm³/mol. The lowest BCUT2D eigenvalue weighted by molar-refractivity contribution is -0.136. The molecule has 0 bridgehead atoms. The molecule has 9 nitrogen and oxygen atoms in total. The minimum atomic E-state index is -3.35. The molecule has 1 atom stereocenters. The van der Waals surface area contributed by atoms with E-state index in [1.807, 2.05) is 4.90 Å². The molecule has 2 saturated heterocycles. The maximum atomic E-state index is 15.1. The van der Waals surface area contributed by atoms with Crippen LogP contribution in [0.3, 0.4) is 0 Å². The lowest BCUT2D eigenvalue weighted by Crippen LogP contribution is -2.52. The molecule has 1 N–H and O–H groups in total. The Morgan fingerprint density at radius 2 is 1.65 bits per heavy atom. The topological polar surface area (TPSA) is 107 Å². The fourth-order valence-electron chi connectivity index (χ4n) is 5.58. The first kappa shape index (κ1) is 23.2. The van der Waals surface area contributed by atoms with Crippen LogP contribution in [-0.2, 0) is 26.2 Å². The molecule has 11 heteroatoms. The van der Waals surface area contributed by atoms with Gasteiger partial charge in [0.2, 0.25) is 21.8 Å². The van der Waals surface area contributed by atoms with Gasteiger partial charge in [0.1, 0.15) is 11.9 Å². The Labute approximate surface area is 198 Å². The van der Waals surface area contributed by atoms with Crippen LogP contribution < -0.4 is 10.2 Å². The normalized spacial score (nSPS) is 25.0. The maximum absolute atomic E-state index is 15.1. The number of hydrogen-bond donors (Lipinski definition) is 1. The summed E-state index contributed by atoms with van der Waals surface area (Å²) in [5.74, 6) is -1.82. The van der Waals surface area contributed by atoms with E-state index in [0.717, 1.165) is 19.3 Å². The van der Waals surface area contributed by atoms with E-state index in [1.165, 1.54) is 11.0 Å².